The molecular formula is C17H30O. The van der Waals surface area contributed by atoms with Gasteiger partial charge in [-0.15, -0.1) is 0 Å². The summed E-state index contributed by atoms with van der Waals surface area (Å²) in [7, 11) is 0. The molecule has 0 amide bonds. The van der Waals surface area contributed by atoms with E-state index in [4.69, 9.17) is 5.11 Å². The molecular weight excluding hydrogens is 220 g/mol. The first-order valence-electron chi connectivity index (χ1n) is 6.94. The molecule has 0 radical (unpaired) electrons. The first-order valence-corrected chi connectivity index (χ1v) is 6.94. The first-order chi connectivity index (χ1) is 8.36. The standard InChI is InChI=1S/C17H30O/c1-13(2)17(6)8-7-14(3)11-16(5)12-15(4)9-10-18/h9,12,14,18H,7-8,10-11H2,1-6H3. The highest BCUT2D eigenvalue weighted by atomic mass is 16.2. The molecule has 1 atom stereocenters. The van der Waals surface area contributed by atoms with E-state index < -0.39 is 0 Å². The van der Waals surface area contributed by atoms with E-state index >= 15 is 0 Å². The van der Waals surface area contributed by atoms with Crippen molar-refractivity contribution in [2.24, 2.45) is 5.92 Å². The predicted molar refractivity (Wildman–Crippen MR) is 81.7 cm³/mol. The molecule has 0 saturated carbocycles. The van der Waals surface area contributed by atoms with E-state index in [1.54, 1.807) is 0 Å². The van der Waals surface area contributed by atoms with E-state index in [2.05, 4.69) is 40.7 Å². The minimum absolute atomic E-state index is 0.130. The largest absolute Gasteiger partial charge is 0.392 e. The SMILES string of the molecule is CC(=CCO)C=C(C)CC(C)CCC(C)=C(C)C. The van der Waals surface area contributed by atoms with Crippen LogP contribution in [0.15, 0.2) is 34.4 Å². The molecule has 104 valence electrons. The molecule has 1 heteroatoms. The van der Waals surface area contributed by atoms with Gasteiger partial charge < -0.3 is 5.11 Å². The molecule has 1 N–H and O–H groups in total. The third kappa shape index (κ3) is 8.30. The number of hydrogen-bond donors (Lipinski definition) is 1. The average Bonchev–Trinajstić information content (AvgIpc) is 2.25. The molecule has 0 spiro atoms. The maximum Gasteiger partial charge on any atom is 0.0617 e. The molecule has 0 aliphatic heterocycles. The molecule has 0 bridgehead atoms. The van der Waals surface area contributed by atoms with Gasteiger partial charge in [0.15, 0.2) is 0 Å². The highest BCUT2D eigenvalue weighted by Gasteiger charge is 2.04. The second-order valence-corrected chi connectivity index (χ2v) is 5.75. The number of rotatable bonds is 7. The van der Waals surface area contributed by atoms with Crippen LogP contribution in [0.5, 0.6) is 0 Å². The zero-order valence-electron chi connectivity index (χ0n) is 13.0. The molecule has 0 saturated heterocycles. The van der Waals surface area contributed by atoms with Gasteiger partial charge in [-0.1, -0.05) is 41.4 Å². The van der Waals surface area contributed by atoms with Gasteiger partial charge in [-0.25, -0.2) is 0 Å². The molecule has 1 nitrogen and oxygen atoms in total. The van der Waals surface area contributed by atoms with Gasteiger partial charge in [0, 0.05) is 0 Å². The Labute approximate surface area is 113 Å². The van der Waals surface area contributed by atoms with Gasteiger partial charge in [0.25, 0.3) is 0 Å². The van der Waals surface area contributed by atoms with Crippen LogP contribution >= 0.6 is 0 Å². The van der Waals surface area contributed by atoms with Crippen molar-refractivity contribution in [3.63, 3.8) is 0 Å². The van der Waals surface area contributed by atoms with Crippen molar-refractivity contribution < 1.29 is 5.11 Å². The van der Waals surface area contributed by atoms with Crippen molar-refractivity contribution >= 4 is 0 Å². The Morgan fingerprint density at radius 2 is 1.72 bits per heavy atom. The maximum absolute atomic E-state index is 8.82. The predicted octanol–water partition coefficient (Wildman–Crippen LogP) is 5.03. The van der Waals surface area contributed by atoms with Gasteiger partial charge in [-0.2, -0.15) is 0 Å². The molecule has 0 aromatic heterocycles. The number of allylic oxidation sites excluding steroid dienone is 5. The van der Waals surface area contributed by atoms with Crippen molar-refractivity contribution in [1.82, 2.24) is 0 Å². The van der Waals surface area contributed by atoms with Crippen molar-refractivity contribution in [2.75, 3.05) is 6.61 Å². The minimum Gasteiger partial charge on any atom is -0.392 e. The summed E-state index contributed by atoms with van der Waals surface area (Å²) in [5, 5.41) is 8.82. The lowest BCUT2D eigenvalue weighted by molar-refractivity contribution is 0.342. The molecule has 0 fully saturated rings. The summed E-state index contributed by atoms with van der Waals surface area (Å²) in [6.07, 6.45) is 7.64. The van der Waals surface area contributed by atoms with E-state index in [0.717, 1.165) is 17.9 Å². The lowest BCUT2D eigenvalue weighted by Crippen LogP contribution is -1.97. The summed E-state index contributed by atoms with van der Waals surface area (Å²) >= 11 is 0. The topological polar surface area (TPSA) is 20.2 Å². The highest BCUT2D eigenvalue weighted by Crippen LogP contribution is 2.21. The Kier molecular flexibility index (Phi) is 8.74. The third-order valence-corrected chi connectivity index (χ3v) is 3.42. The first kappa shape index (κ1) is 17.2. The van der Waals surface area contributed by atoms with E-state index in [1.165, 1.54) is 29.6 Å². The highest BCUT2D eigenvalue weighted by molar-refractivity contribution is 5.20. The molecule has 0 aliphatic carbocycles. The second-order valence-electron chi connectivity index (χ2n) is 5.75. The van der Waals surface area contributed by atoms with Gasteiger partial charge >= 0.3 is 0 Å². The van der Waals surface area contributed by atoms with Crippen molar-refractivity contribution in [3.8, 4) is 0 Å². The van der Waals surface area contributed by atoms with E-state index in [9.17, 15) is 0 Å². The smallest absolute Gasteiger partial charge is 0.0617 e. The van der Waals surface area contributed by atoms with Gasteiger partial charge in [0.1, 0.15) is 0 Å². The van der Waals surface area contributed by atoms with Gasteiger partial charge in [-0.3, -0.25) is 0 Å². The van der Waals surface area contributed by atoms with Crippen LogP contribution in [-0.4, -0.2) is 11.7 Å². The summed E-state index contributed by atoms with van der Waals surface area (Å²) in [6.45, 7) is 13.3. The van der Waals surface area contributed by atoms with Crippen molar-refractivity contribution in [2.45, 2.75) is 60.8 Å². The van der Waals surface area contributed by atoms with Crippen LogP contribution in [0.1, 0.15) is 60.8 Å². The number of hydrogen-bond acceptors (Lipinski definition) is 1. The molecule has 0 heterocycles. The molecule has 0 aliphatic rings. The summed E-state index contributed by atoms with van der Waals surface area (Å²) in [5.41, 5.74) is 5.54. The normalized spacial score (nSPS) is 14.6. The van der Waals surface area contributed by atoms with E-state index in [-0.39, 0.29) is 6.61 Å². The summed E-state index contributed by atoms with van der Waals surface area (Å²) in [6, 6.07) is 0. The zero-order chi connectivity index (χ0) is 14.1. The van der Waals surface area contributed by atoms with Crippen LogP contribution in [0.2, 0.25) is 0 Å². The summed E-state index contributed by atoms with van der Waals surface area (Å²) in [4.78, 5) is 0. The Hall–Kier alpha value is -0.820. The average molecular weight is 250 g/mol. The Morgan fingerprint density at radius 3 is 2.22 bits per heavy atom. The van der Waals surface area contributed by atoms with Crippen LogP contribution in [-0.2, 0) is 0 Å². The van der Waals surface area contributed by atoms with Crippen LogP contribution in [0, 0.1) is 5.92 Å². The fourth-order valence-electron chi connectivity index (χ4n) is 2.02. The fraction of sp³-hybridized carbons (Fsp3) is 0.647. The van der Waals surface area contributed by atoms with Gasteiger partial charge in [0.2, 0.25) is 0 Å². The van der Waals surface area contributed by atoms with Gasteiger partial charge in [-0.05, 0) is 59.8 Å². The third-order valence-electron chi connectivity index (χ3n) is 3.42. The van der Waals surface area contributed by atoms with E-state index in [0.29, 0.717) is 0 Å². The van der Waals surface area contributed by atoms with Gasteiger partial charge in [0.05, 0.1) is 6.61 Å². The van der Waals surface area contributed by atoms with E-state index in [1.807, 2.05) is 13.0 Å². The Morgan fingerprint density at radius 1 is 1.11 bits per heavy atom. The number of aliphatic hydroxyl groups is 1. The van der Waals surface area contributed by atoms with Crippen LogP contribution in [0.3, 0.4) is 0 Å². The molecule has 1 unspecified atom stereocenters. The minimum atomic E-state index is 0.130. The monoisotopic (exact) mass is 250 g/mol. The van der Waals surface area contributed by atoms with Crippen LogP contribution < -0.4 is 0 Å². The van der Waals surface area contributed by atoms with Crippen LogP contribution in [0.25, 0.3) is 0 Å². The Bertz CT molecular complexity index is 328. The Balaban J connectivity index is 4.21. The number of aliphatic hydroxyl groups excluding tert-OH is 1. The fourth-order valence-corrected chi connectivity index (χ4v) is 2.02. The zero-order valence-corrected chi connectivity index (χ0v) is 13.0. The molecule has 18 heavy (non-hydrogen) atoms. The quantitative estimate of drug-likeness (QED) is 0.496. The maximum atomic E-state index is 8.82. The summed E-state index contributed by atoms with van der Waals surface area (Å²) < 4.78 is 0. The molecule has 0 aromatic carbocycles. The van der Waals surface area contributed by atoms with Crippen molar-refractivity contribution in [3.05, 3.63) is 34.4 Å². The van der Waals surface area contributed by atoms with Crippen molar-refractivity contribution in [1.29, 1.82) is 0 Å². The molecule has 0 rings (SSSR count). The van der Waals surface area contributed by atoms with Crippen LogP contribution in [0.4, 0.5) is 0 Å². The lowest BCUT2D eigenvalue weighted by Gasteiger charge is -2.13. The summed E-state index contributed by atoms with van der Waals surface area (Å²) in [5.74, 6) is 0.720. The molecule has 0 aromatic rings. The second kappa shape index (κ2) is 9.16. The lowest BCUT2D eigenvalue weighted by atomic mass is 9.93.